The van der Waals surface area contributed by atoms with Crippen LogP contribution in [0.3, 0.4) is 0 Å². The van der Waals surface area contributed by atoms with Crippen LogP contribution in [0.25, 0.3) is 0 Å². The molecule has 0 amide bonds. The summed E-state index contributed by atoms with van der Waals surface area (Å²) in [6.07, 6.45) is 0.645. The first-order valence-electron chi connectivity index (χ1n) is 7.80. The largest absolute Gasteiger partial charge is 0.493 e. The number of fused-ring (bicyclic) bond motifs is 1. The van der Waals surface area contributed by atoms with Crippen LogP contribution in [-0.2, 0) is 16.4 Å². The summed E-state index contributed by atoms with van der Waals surface area (Å²) in [6.45, 7) is 2.35. The number of hydrogen-bond acceptors (Lipinski definition) is 4. The summed E-state index contributed by atoms with van der Waals surface area (Å²) in [5.74, 6) is 1.28. The van der Waals surface area contributed by atoms with Crippen LogP contribution in [0.15, 0.2) is 47.4 Å². The number of ether oxygens (including phenoxy) is 2. The highest BCUT2D eigenvalue weighted by Crippen LogP contribution is 2.39. The van der Waals surface area contributed by atoms with E-state index in [9.17, 15) is 8.42 Å². The van der Waals surface area contributed by atoms with Gasteiger partial charge in [0.15, 0.2) is 11.5 Å². The molecule has 0 saturated carbocycles. The van der Waals surface area contributed by atoms with Gasteiger partial charge in [-0.3, -0.25) is 0 Å². The van der Waals surface area contributed by atoms with Gasteiger partial charge in [-0.15, -0.1) is 0 Å². The number of benzene rings is 2. The first-order valence-corrected chi connectivity index (χ1v) is 9.24. The van der Waals surface area contributed by atoms with E-state index in [-0.39, 0.29) is 6.04 Å². The van der Waals surface area contributed by atoms with Crippen molar-refractivity contribution in [1.29, 1.82) is 0 Å². The van der Waals surface area contributed by atoms with Crippen LogP contribution in [0.5, 0.6) is 11.5 Å². The molecule has 0 aliphatic carbocycles. The number of rotatable bonds is 4. The number of nitrogens with zero attached hydrogens (tertiary/aromatic N) is 1. The Bertz CT molecular complexity index is 834. The lowest BCUT2D eigenvalue weighted by Gasteiger charge is -2.34. The van der Waals surface area contributed by atoms with E-state index in [0.717, 1.165) is 11.1 Å². The van der Waals surface area contributed by atoms with E-state index in [2.05, 4.69) is 0 Å². The fraction of sp³-hybridized carbons (Fsp3) is 0.333. The van der Waals surface area contributed by atoms with Gasteiger partial charge >= 0.3 is 0 Å². The first-order chi connectivity index (χ1) is 11.5. The average Bonchev–Trinajstić information content (AvgIpc) is 2.61. The van der Waals surface area contributed by atoms with Crippen LogP contribution in [0.4, 0.5) is 0 Å². The van der Waals surface area contributed by atoms with Crippen molar-refractivity contribution >= 4 is 10.0 Å². The molecule has 0 spiro atoms. The third-order valence-electron chi connectivity index (χ3n) is 4.48. The van der Waals surface area contributed by atoms with Crippen molar-refractivity contribution in [2.75, 3.05) is 20.8 Å². The van der Waals surface area contributed by atoms with E-state index in [1.807, 2.05) is 25.1 Å². The standard InChI is InChI=1S/C18H21NO4S/c1-13-16-12-18(23-3)17(22-2)11-14(16)9-10-19(13)24(20,21)15-7-5-4-6-8-15/h4-8,11-13H,9-10H2,1-3H3/t13-/m1/s1. The summed E-state index contributed by atoms with van der Waals surface area (Å²) in [5.41, 5.74) is 2.05. The van der Waals surface area contributed by atoms with E-state index in [1.54, 1.807) is 42.8 Å². The van der Waals surface area contributed by atoms with Gasteiger partial charge < -0.3 is 9.47 Å². The fourth-order valence-electron chi connectivity index (χ4n) is 3.18. The zero-order valence-electron chi connectivity index (χ0n) is 14.0. The van der Waals surface area contributed by atoms with Crippen molar-refractivity contribution in [3.63, 3.8) is 0 Å². The van der Waals surface area contributed by atoms with Crippen LogP contribution in [0.1, 0.15) is 24.1 Å². The van der Waals surface area contributed by atoms with Gasteiger partial charge in [0.2, 0.25) is 10.0 Å². The first kappa shape index (κ1) is 16.8. The van der Waals surface area contributed by atoms with Crippen molar-refractivity contribution in [1.82, 2.24) is 4.31 Å². The molecule has 3 rings (SSSR count). The molecule has 2 aromatic carbocycles. The van der Waals surface area contributed by atoms with Gasteiger partial charge in [-0.2, -0.15) is 4.31 Å². The summed E-state index contributed by atoms with van der Waals surface area (Å²) >= 11 is 0. The predicted molar refractivity (Wildman–Crippen MR) is 92.0 cm³/mol. The second-order valence-corrected chi connectivity index (χ2v) is 7.65. The van der Waals surface area contributed by atoms with Crippen molar-refractivity contribution < 1.29 is 17.9 Å². The molecule has 0 N–H and O–H groups in total. The molecule has 1 aliphatic rings. The summed E-state index contributed by atoms with van der Waals surface area (Å²) in [4.78, 5) is 0.320. The van der Waals surface area contributed by atoms with Crippen molar-refractivity contribution in [3.8, 4) is 11.5 Å². The Labute approximate surface area is 142 Å². The molecule has 0 unspecified atom stereocenters. The van der Waals surface area contributed by atoms with E-state index in [0.29, 0.717) is 29.4 Å². The third kappa shape index (κ3) is 2.76. The van der Waals surface area contributed by atoms with Crippen LogP contribution in [0.2, 0.25) is 0 Å². The maximum absolute atomic E-state index is 13.0. The molecule has 1 aliphatic heterocycles. The van der Waals surface area contributed by atoms with E-state index in [1.165, 1.54) is 0 Å². The molecule has 24 heavy (non-hydrogen) atoms. The second-order valence-electron chi connectivity index (χ2n) is 5.76. The Balaban J connectivity index is 2.02. The number of sulfonamides is 1. The highest BCUT2D eigenvalue weighted by molar-refractivity contribution is 7.89. The zero-order valence-corrected chi connectivity index (χ0v) is 14.8. The Hall–Kier alpha value is -2.05. The maximum Gasteiger partial charge on any atom is 0.243 e. The smallest absolute Gasteiger partial charge is 0.243 e. The van der Waals surface area contributed by atoms with Gasteiger partial charge in [0, 0.05) is 12.6 Å². The van der Waals surface area contributed by atoms with Gasteiger partial charge in [0.25, 0.3) is 0 Å². The Kier molecular flexibility index (Phi) is 4.51. The summed E-state index contributed by atoms with van der Waals surface area (Å²) in [6, 6.07) is 12.1. The number of hydrogen-bond donors (Lipinski definition) is 0. The van der Waals surface area contributed by atoms with Gasteiger partial charge in [-0.1, -0.05) is 18.2 Å². The molecule has 0 aromatic heterocycles. The molecular weight excluding hydrogens is 326 g/mol. The van der Waals surface area contributed by atoms with Crippen LogP contribution >= 0.6 is 0 Å². The quantitative estimate of drug-likeness (QED) is 0.853. The lowest BCUT2D eigenvalue weighted by molar-refractivity contribution is 0.319. The predicted octanol–water partition coefficient (Wildman–Crippen LogP) is 3.01. The minimum absolute atomic E-state index is 0.265. The molecule has 1 heterocycles. The van der Waals surface area contributed by atoms with Crippen molar-refractivity contribution in [3.05, 3.63) is 53.6 Å². The van der Waals surface area contributed by atoms with E-state index in [4.69, 9.17) is 9.47 Å². The van der Waals surface area contributed by atoms with Gasteiger partial charge in [0.1, 0.15) is 0 Å². The average molecular weight is 347 g/mol. The molecule has 5 nitrogen and oxygen atoms in total. The molecule has 0 saturated heterocycles. The van der Waals surface area contributed by atoms with E-state index < -0.39 is 10.0 Å². The molecule has 0 bridgehead atoms. The molecular formula is C18H21NO4S. The van der Waals surface area contributed by atoms with Crippen molar-refractivity contribution in [2.24, 2.45) is 0 Å². The number of methoxy groups -OCH3 is 2. The van der Waals surface area contributed by atoms with Crippen LogP contribution in [0, 0.1) is 0 Å². The lowest BCUT2D eigenvalue weighted by Crippen LogP contribution is -2.38. The molecule has 128 valence electrons. The fourth-order valence-corrected chi connectivity index (χ4v) is 4.81. The normalized spacial score (nSPS) is 18.0. The molecule has 0 radical (unpaired) electrons. The molecule has 6 heteroatoms. The van der Waals surface area contributed by atoms with Gasteiger partial charge in [-0.05, 0) is 48.7 Å². The van der Waals surface area contributed by atoms with E-state index >= 15 is 0 Å². The molecule has 2 aromatic rings. The molecule has 1 atom stereocenters. The molecule has 0 fully saturated rings. The minimum Gasteiger partial charge on any atom is -0.493 e. The van der Waals surface area contributed by atoms with Crippen LogP contribution in [-0.4, -0.2) is 33.5 Å². The summed E-state index contributed by atoms with van der Waals surface area (Å²) in [5, 5.41) is 0. The summed E-state index contributed by atoms with van der Waals surface area (Å²) in [7, 11) is -0.348. The van der Waals surface area contributed by atoms with Gasteiger partial charge in [-0.25, -0.2) is 8.42 Å². The highest BCUT2D eigenvalue weighted by atomic mass is 32.2. The topological polar surface area (TPSA) is 55.8 Å². The monoisotopic (exact) mass is 347 g/mol. The van der Waals surface area contributed by atoms with Gasteiger partial charge in [0.05, 0.1) is 19.1 Å². The third-order valence-corrected chi connectivity index (χ3v) is 6.46. The van der Waals surface area contributed by atoms with Crippen molar-refractivity contribution in [2.45, 2.75) is 24.3 Å². The highest BCUT2D eigenvalue weighted by Gasteiger charge is 2.34. The second kappa shape index (κ2) is 6.45. The Morgan fingerprint density at radius 3 is 2.29 bits per heavy atom. The Morgan fingerprint density at radius 1 is 1.04 bits per heavy atom. The SMILES string of the molecule is COc1cc2c(cc1OC)[C@@H](C)N(S(=O)(=O)c1ccccc1)CC2. The zero-order chi connectivity index (χ0) is 17.3. The lowest BCUT2D eigenvalue weighted by atomic mass is 9.94. The summed E-state index contributed by atoms with van der Waals surface area (Å²) < 4.78 is 38.2. The maximum atomic E-state index is 13.0. The van der Waals surface area contributed by atoms with Crippen LogP contribution < -0.4 is 9.47 Å². The Morgan fingerprint density at radius 2 is 1.67 bits per heavy atom. The minimum atomic E-state index is -3.53.